The van der Waals surface area contributed by atoms with Gasteiger partial charge in [-0.25, -0.2) is 13.4 Å². The summed E-state index contributed by atoms with van der Waals surface area (Å²) < 4.78 is 33.8. The summed E-state index contributed by atoms with van der Waals surface area (Å²) in [5.41, 5.74) is 0.819. The lowest BCUT2D eigenvalue weighted by Gasteiger charge is -2.19. The zero-order valence-corrected chi connectivity index (χ0v) is 14.8. The van der Waals surface area contributed by atoms with E-state index in [0.717, 1.165) is 5.01 Å². The zero-order valence-electron chi connectivity index (χ0n) is 14.0. The normalized spacial score (nSPS) is 26.1. The number of nitrogens with one attached hydrogen (secondary N) is 1. The van der Waals surface area contributed by atoms with Crippen LogP contribution in [0, 0.1) is 5.92 Å². The molecule has 0 radical (unpaired) electrons. The van der Waals surface area contributed by atoms with Gasteiger partial charge in [0.05, 0.1) is 23.3 Å². The quantitative estimate of drug-likeness (QED) is 0.759. The Bertz CT molecular complexity index is 926. The SMILES string of the molecule is CC1=NN([C@H]2CCS(=O)(=O)C2)C(=O)[C@H]1C(=O)Nc1ccc2c(c1)OCO2. The highest BCUT2D eigenvalue weighted by atomic mass is 32.2. The van der Waals surface area contributed by atoms with Gasteiger partial charge in [0.15, 0.2) is 27.3 Å². The predicted molar refractivity (Wildman–Crippen MR) is 91.7 cm³/mol. The molecule has 0 bridgehead atoms. The van der Waals surface area contributed by atoms with E-state index in [9.17, 15) is 18.0 Å². The molecule has 1 N–H and O–H groups in total. The Kier molecular flexibility index (Phi) is 3.87. The number of sulfone groups is 1. The Morgan fingerprint density at radius 2 is 2.08 bits per heavy atom. The van der Waals surface area contributed by atoms with E-state index >= 15 is 0 Å². The van der Waals surface area contributed by atoms with Gasteiger partial charge in [0.1, 0.15) is 0 Å². The first kappa shape index (κ1) is 16.8. The number of ether oxygens (including phenoxy) is 2. The average molecular weight is 379 g/mol. The molecule has 3 heterocycles. The lowest BCUT2D eigenvalue weighted by atomic mass is 10.0. The van der Waals surface area contributed by atoms with Crippen molar-refractivity contribution in [2.75, 3.05) is 23.6 Å². The fourth-order valence-corrected chi connectivity index (χ4v) is 5.00. The first-order valence-corrected chi connectivity index (χ1v) is 9.95. The second-order valence-corrected chi connectivity index (χ2v) is 8.70. The van der Waals surface area contributed by atoms with Crippen LogP contribution >= 0.6 is 0 Å². The predicted octanol–water partition coefficient (Wildman–Crippen LogP) is 0.375. The van der Waals surface area contributed by atoms with Crippen molar-refractivity contribution in [3.63, 3.8) is 0 Å². The summed E-state index contributed by atoms with van der Waals surface area (Å²) in [4.78, 5) is 25.2. The maximum atomic E-state index is 12.6. The molecule has 0 aliphatic carbocycles. The third-order valence-electron chi connectivity index (χ3n) is 4.61. The van der Waals surface area contributed by atoms with Crippen molar-refractivity contribution in [2.24, 2.45) is 11.0 Å². The molecule has 0 saturated carbocycles. The third kappa shape index (κ3) is 2.90. The average Bonchev–Trinajstić information content (AvgIpc) is 3.24. The largest absolute Gasteiger partial charge is 0.454 e. The minimum Gasteiger partial charge on any atom is -0.454 e. The number of hydrazone groups is 1. The molecular formula is C16H17N3O6S. The van der Waals surface area contributed by atoms with Crippen molar-refractivity contribution >= 4 is 33.1 Å². The maximum Gasteiger partial charge on any atom is 0.261 e. The number of carbonyl (C=O) groups excluding carboxylic acids is 2. The summed E-state index contributed by atoms with van der Waals surface area (Å²) in [5.74, 6) is -1.06. The number of fused-ring (bicyclic) bond motifs is 1. The van der Waals surface area contributed by atoms with Gasteiger partial charge in [0.2, 0.25) is 12.7 Å². The van der Waals surface area contributed by atoms with E-state index < -0.39 is 33.6 Å². The Morgan fingerprint density at radius 1 is 1.31 bits per heavy atom. The van der Waals surface area contributed by atoms with E-state index in [4.69, 9.17) is 9.47 Å². The van der Waals surface area contributed by atoms with Crippen LogP contribution in [0.2, 0.25) is 0 Å². The highest BCUT2D eigenvalue weighted by Crippen LogP contribution is 2.34. The molecule has 0 aromatic heterocycles. The molecular weight excluding hydrogens is 362 g/mol. The minimum atomic E-state index is -3.16. The summed E-state index contributed by atoms with van der Waals surface area (Å²) >= 11 is 0. The first-order chi connectivity index (χ1) is 12.3. The van der Waals surface area contributed by atoms with Gasteiger partial charge in [-0.05, 0) is 25.5 Å². The van der Waals surface area contributed by atoms with Crippen LogP contribution in [0.5, 0.6) is 11.5 Å². The van der Waals surface area contributed by atoms with Crippen LogP contribution < -0.4 is 14.8 Å². The number of benzene rings is 1. The first-order valence-electron chi connectivity index (χ1n) is 8.13. The molecule has 9 nitrogen and oxygen atoms in total. The molecule has 4 rings (SSSR count). The van der Waals surface area contributed by atoms with Crippen molar-refractivity contribution in [1.29, 1.82) is 0 Å². The van der Waals surface area contributed by atoms with Crippen molar-refractivity contribution in [3.8, 4) is 11.5 Å². The van der Waals surface area contributed by atoms with E-state index in [2.05, 4.69) is 10.4 Å². The molecule has 1 saturated heterocycles. The molecule has 26 heavy (non-hydrogen) atoms. The van der Waals surface area contributed by atoms with E-state index in [-0.39, 0.29) is 18.3 Å². The summed E-state index contributed by atoms with van der Waals surface area (Å²) in [6.45, 7) is 1.71. The van der Waals surface area contributed by atoms with Crippen molar-refractivity contribution in [1.82, 2.24) is 5.01 Å². The number of hydrogen-bond acceptors (Lipinski definition) is 7. The molecule has 1 aromatic carbocycles. The molecule has 10 heteroatoms. The second-order valence-electron chi connectivity index (χ2n) is 6.47. The lowest BCUT2D eigenvalue weighted by Crippen LogP contribution is -2.40. The maximum absolute atomic E-state index is 12.6. The van der Waals surface area contributed by atoms with Gasteiger partial charge in [-0.3, -0.25) is 9.59 Å². The Balaban J connectivity index is 1.48. The minimum absolute atomic E-state index is 0.0318. The van der Waals surface area contributed by atoms with Crippen molar-refractivity contribution in [2.45, 2.75) is 19.4 Å². The van der Waals surface area contributed by atoms with E-state index in [0.29, 0.717) is 29.3 Å². The highest BCUT2D eigenvalue weighted by molar-refractivity contribution is 7.91. The number of rotatable bonds is 3. The van der Waals surface area contributed by atoms with Crippen molar-refractivity contribution < 1.29 is 27.5 Å². The Labute approximate surface area is 149 Å². The lowest BCUT2D eigenvalue weighted by molar-refractivity contribution is -0.137. The standard InChI is InChI=1S/C16H17N3O6S/c1-9-14(16(21)19(18-9)11-4-5-26(22,23)7-11)15(20)17-10-2-3-12-13(6-10)25-8-24-12/h2-3,6,11,14H,4-5,7-8H2,1H3,(H,17,20)/t11-,14+/m0/s1. The van der Waals surface area contributed by atoms with Crippen LogP contribution in [0.25, 0.3) is 0 Å². The molecule has 1 aromatic rings. The van der Waals surface area contributed by atoms with Crippen molar-refractivity contribution in [3.05, 3.63) is 18.2 Å². The smallest absolute Gasteiger partial charge is 0.261 e. The Morgan fingerprint density at radius 3 is 2.81 bits per heavy atom. The van der Waals surface area contributed by atoms with Gasteiger partial charge >= 0.3 is 0 Å². The van der Waals surface area contributed by atoms with E-state index in [1.54, 1.807) is 25.1 Å². The molecule has 2 atom stereocenters. The number of carbonyl (C=O) groups is 2. The molecule has 0 spiro atoms. The highest BCUT2D eigenvalue weighted by Gasteiger charge is 2.44. The van der Waals surface area contributed by atoms with Gasteiger partial charge in [-0.1, -0.05) is 0 Å². The number of anilines is 1. The molecule has 1 fully saturated rings. The summed E-state index contributed by atoms with van der Waals surface area (Å²) in [6, 6.07) is 4.43. The Hall–Kier alpha value is -2.62. The van der Waals surface area contributed by atoms with Crippen LogP contribution in [0.15, 0.2) is 23.3 Å². The van der Waals surface area contributed by atoms with Crippen LogP contribution in [0.4, 0.5) is 5.69 Å². The summed E-state index contributed by atoms with van der Waals surface area (Å²) in [5, 5.41) is 7.99. The van der Waals surface area contributed by atoms with Crippen LogP contribution in [0.1, 0.15) is 13.3 Å². The number of amides is 2. The monoisotopic (exact) mass is 379 g/mol. The van der Waals surface area contributed by atoms with Gasteiger partial charge in [-0.15, -0.1) is 0 Å². The zero-order chi connectivity index (χ0) is 18.5. The number of nitrogens with zero attached hydrogens (tertiary/aromatic N) is 2. The fraction of sp³-hybridized carbons (Fsp3) is 0.438. The fourth-order valence-electron chi connectivity index (χ4n) is 3.31. The number of hydrogen-bond donors (Lipinski definition) is 1. The van der Waals surface area contributed by atoms with Gasteiger partial charge in [0.25, 0.3) is 5.91 Å². The molecule has 2 amide bonds. The van der Waals surface area contributed by atoms with Gasteiger partial charge in [0, 0.05) is 11.8 Å². The topological polar surface area (TPSA) is 114 Å². The molecule has 0 unspecified atom stereocenters. The van der Waals surface area contributed by atoms with E-state index in [1.807, 2.05) is 0 Å². The van der Waals surface area contributed by atoms with Crippen LogP contribution in [-0.4, -0.2) is 55.3 Å². The van der Waals surface area contributed by atoms with Gasteiger partial charge in [-0.2, -0.15) is 5.10 Å². The van der Waals surface area contributed by atoms with Gasteiger partial charge < -0.3 is 14.8 Å². The second kappa shape index (κ2) is 5.97. The van der Waals surface area contributed by atoms with E-state index in [1.165, 1.54) is 0 Å². The molecule has 3 aliphatic rings. The summed E-state index contributed by atoms with van der Waals surface area (Å²) in [7, 11) is -3.16. The molecule has 3 aliphatic heterocycles. The third-order valence-corrected chi connectivity index (χ3v) is 6.36. The summed E-state index contributed by atoms with van der Waals surface area (Å²) in [6.07, 6.45) is 0.335. The van der Waals surface area contributed by atoms with Crippen LogP contribution in [0.3, 0.4) is 0 Å². The van der Waals surface area contributed by atoms with Crippen LogP contribution in [-0.2, 0) is 19.4 Å². The molecule has 138 valence electrons.